The summed E-state index contributed by atoms with van der Waals surface area (Å²) >= 11 is 0. The summed E-state index contributed by atoms with van der Waals surface area (Å²) in [6, 6.07) is 9.57. The number of hydrogen-bond donors (Lipinski definition) is 1. The Morgan fingerprint density at radius 1 is 1.21 bits per heavy atom. The average Bonchev–Trinajstić information content (AvgIpc) is 3.14. The largest absolute Gasteiger partial charge is 0.464 e. The van der Waals surface area contributed by atoms with Crippen LogP contribution in [-0.2, 0) is 9.53 Å². The molecule has 1 aromatic carbocycles. The van der Waals surface area contributed by atoms with Crippen molar-refractivity contribution in [3.05, 3.63) is 35.9 Å². The van der Waals surface area contributed by atoms with Crippen LogP contribution < -0.4 is 0 Å². The summed E-state index contributed by atoms with van der Waals surface area (Å²) in [6.07, 6.45) is 3.62. The topological polar surface area (TPSA) is 49.8 Å². The minimum absolute atomic E-state index is 0.200. The third-order valence-electron chi connectivity index (χ3n) is 5.18. The number of likely N-dealkylation sites (N-methyl/N-ethyl adjacent to an activating group) is 1. The van der Waals surface area contributed by atoms with Gasteiger partial charge < -0.3 is 14.7 Å². The van der Waals surface area contributed by atoms with Crippen LogP contribution in [0.4, 0.5) is 0 Å². The lowest BCUT2D eigenvalue weighted by Gasteiger charge is -2.27. The van der Waals surface area contributed by atoms with E-state index in [1.54, 1.807) is 0 Å². The number of nitrogens with zero attached hydrogens (tertiary/aromatic N) is 1. The molecule has 0 amide bonds. The number of ether oxygens (including phenoxy) is 1. The maximum Gasteiger partial charge on any atom is 0.316 e. The van der Waals surface area contributed by atoms with Gasteiger partial charge in [0.05, 0.1) is 6.10 Å². The van der Waals surface area contributed by atoms with Gasteiger partial charge in [0.25, 0.3) is 0 Å². The summed E-state index contributed by atoms with van der Waals surface area (Å²) < 4.78 is 5.53. The van der Waals surface area contributed by atoms with Gasteiger partial charge in [-0.25, -0.2) is 0 Å². The highest BCUT2D eigenvalue weighted by Crippen LogP contribution is 2.35. The predicted octanol–water partition coefficient (Wildman–Crippen LogP) is 3.21. The predicted molar refractivity (Wildman–Crippen MR) is 95.9 cm³/mol. The molecule has 1 aromatic rings. The molecule has 0 unspecified atom stereocenters. The molecule has 0 bridgehead atoms. The van der Waals surface area contributed by atoms with E-state index >= 15 is 0 Å². The second kappa shape index (κ2) is 9.80. The van der Waals surface area contributed by atoms with E-state index in [9.17, 15) is 9.90 Å². The first kappa shape index (κ1) is 18.9. The number of carbonyl (C=O) groups excluding carboxylic acids is 1. The fourth-order valence-electron chi connectivity index (χ4n) is 3.61. The van der Waals surface area contributed by atoms with Crippen molar-refractivity contribution in [2.75, 3.05) is 26.2 Å². The Bertz CT molecular complexity index is 481. The first-order valence-electron chi connectivity index (χ1n) is 9.29. The molecule has 134 valence electrons. The number of rotatable bonds is 9. The van der Waals surface area contributed by atoms with E-state index in [0.29, 0.717) is 6.61 Å². The molecule has 4 heteroatoms. The molecule has 0 saturated heterocycles. The number of aliphatic hydroxyl groups excluding tert-OH is 1. The van der Waals surface area contributed by atoms with E-state index in [2.05, 4.69) is 18.7 Å². The minimum atomic E-state index is -0.657. The Kier molecular flexibility index (Phi) is 7.73. The summed E-state index contributed by atoms with van der Waals surface area (Å²) in [6.45, 7) is 7.20. The first-order valence-corrected chi connectivity index (χ1v) is 9.29. The zero-order chi connectivity index (χ0) is 17.4. The molecule has 1 fully saturated rings. The van der Waals surface area contributed by atoms with E-state index < -0.39 is 12.0 Å². The molecule has 0 heterocycles. The Hall–Kier alpha value is -1.39. The minimum Gasteiger partial charge on any atom is -0.464 e. The Balaban J connectivity index is 2.03. The van der Waals surface area contributed by atoms with Crippen LogP contribution in [0.3, 0.4) is 0 Å². The molecule has 0 radical (unpaired) electrons. The van der Waals surface area contributed by atoms with Gasteiger partial charge in [0.15, 0.2) is 0 Å². The van der Waals surface area contributed by atoms with Crippen molar-refractivity contribution in [3.63, 3.8) is 0 Å². The van der Waals surface area contributed by atoms with E-state index in [1.165, 1.54) is 0 Å². The van der Waals surface area contributed by atoms with Crippen LogP contribution in [0, 0.1) is 5.92 Å². The van der Waals surface area contributed by atoms with Crippen LogP contribution in [0.5, 0.6) is 0 Å². The molecule has 24 heavy (non-hydrogen) atoms. The molecule has 0 spiro atoms. The summed E-state index contributed by atoms with van der Waals surface area (Å²) in [4.78, 5) is 14.9. The summed E-state index contributed by atoms with van der Waals surface area (Å²) in [7, 11) is 0. The highest BCUT2D eigenvalue weighted by Gasteiger charge is 2.36. The van der Waals surface area contributed by atoms with E-state index in [-0.39, 0.29) is 11.9 Å². The van der Waals surface area contributed by atoms with Gasteiger partial charge in [-0.05, 0) is 37.4 Å². The van der Waals surface area contributed by atoms with Crippen molar-refractivity contribution in [2.45, 2.75) is 51.6 Å². The summed E-state index contributed by atoms with van der Waals surface area (Å²) in [5.74, 6) is -0.677. The lowest BCUT2D eigenvalue weighted by Crippen LogP contribution is -2.34. The molecule has 2 rings (SSSR count). The third-order valence-corrected chi connectivity index (χ3v) is 5.18. The third kappa shape index (κ3) is 5.05. The molecule has 0 aromatic heterocycles. The highest BCUT2D eigenvalue weighted by molar-refractivity contribution is 5.79. The second-order valence-corrected chi connectivity index (χ2v) is 6.62. The summed E-state index contributed by atoms with van der Waals surface area (Å²) in [5, 5.41) is 10.8. The maximum absolute atomic E-state index is 12.7. The quantitative estimate of drug-likeness (QED) is 0.705. The lowest BCUT2D eigenvalue weighted by molar-refractivity contribution is -0.149. The standard InChI is InChI=1S/C20H31NO3/c1-3-21(4-2)14-15-24-20(23)18(16-10-6-5-7-11-16)19(22)17-12-8-9-13-17/h5-7,10-11,17-19,22H,3-4,8-9,12-15H2,1-2H3/t18-,19+/m1/s1. The molecule has 1 aliphatic rings. The normalized spacial score (nSPS) is 17.8. The zero-order valence-electron chi connectivity index (χ0n) is 15.0. The molecule has 1 N–H and O–H groups in total. The van der Waals surface area contributed by atoms with Gasteiger partial charge in [0.1, 0.15) is 12.5 Å². The zero-order valence-corrected chi connectivity index (χ0v) is 15.0. The Morgan fingerprint density at radius 2 is 1.83 bits per heavy atom. The van der Waals surface area contributed by atoms with Gasteiger partial charge in [-0.15, -0.1) is 0 Å². The first-order chi connectivity index (χ1) is 11.7. The molecule has 4 nitrogen and oxygen atoms in total. The van der Waals surface area contributed by atoms with Crippen LogP contribution in [-0.4, -0.2) is 48.3 Å². The van der Waals surface area contributed by atoms with Crippen LogP contribution >= 0.6 is 0 Å². The molecule has 2 atom stereocenters. The van der Waals surface area contributed by atoms with Crippen molar-refractivity contribution in [3.8, 4) is 0 Å². The van der Waals surface area contributed by atoms with Crippen molar-refractivity contribution < 1.29 is 14.6 Å². The van der Waals surface area contributed by atoms with E-state index in [1.807, 2.05) is 30.3 Å². The van der Waals surface area contributed by atoms with Crippen LogP contribution in [0.2, 0.25) is 0 Å². The van der Waals surface area contributed by atoms with Crippen LogP contribution in [0.15, 0.2) is 30.3 Å². The molecular formula is C20H31NO3. The molecule has 1 aliphatic carbocycles. The van der Waals surface area contributed by atoms with Gasteiger partial charge in [0, 0.05) is 6.54 Å². The highest BCUT2D eigenvalue weighted by atomic mass is 16.5. The van der Waals surface area contributed by atoms with Gasteiger partial charge >= 0.3 is 5.97 Å². The van der Waals surface area contributed by atoms with Gasteiger partial charge in [-0.3, -0.25) is 4.79 Å². The van der Waals surface area contributed by atoms with Crippen molar-refractivity contribution >= 4 is 5.97 Å². The molecule has 0 aliphatic heterocycles. The van der Waals surface area contributed by atoms with E-state index in [4.69, 9.17) is 4.74 Å². The van der Waals surface area contributed by atoms with Crippen molar-refractivity contribution in [1.82, 2.24) is 4.90 Å². The number of carbonyl (C=O) groups is 1. The Labute approximate surface area is 145 Å². The molecular weight excluding hydrogens is 302 g/mol. The molecule has 1 saturated carbocycles. The van der Waals surface area contributed by atoms with Crippen LogP contribution in [0.25, 0.3) is 0 Å². The lowest BCUT2D eigenvalue weighted by atomic mass is 9.85. The van der Waals surface area contributed by atoms with E-state index in [0.717, 1.165) is 50.9 Å². The SMILES string of the molecule is CCN(CC)CCOC(=O)[C@H](c1ccccc1)[C@@H](O)C1CCCC1. The second-order valence-electron chi connectivity index (χ2n) is 6.62. The van der Waals surface area contributed by atoms with Gasteiger partial charge in [-0.2, -0.15) is 0 Å². The number of esters is 1. The number of benzene rings is 1. The monoisotopic (exact) mass is 333 g/mol. The smallest absolute Gasteiger partial charge is 0.316 e. The fourth-order valence-corrected chi connectivity index (χ4v) is 3.61. The van der Waals surface area contributed by atoms with Gasteiger partial charge in [-0.1, -0.05) is 57.0 Å². The number of aliphatic hydroxyl groups is 1. The Morgan fingerprint density at radius 3 is 2.42 bits per heavy atom. The fraction of sp³-hybridized carbons (Fsp3) is 0.650. The van der Waals surface area contributed by atoms with Gasteiger partial charge in [0.2, 0.25) is 0 Å². The summed E-state index contributed by atoms with van der Waals surface area (Å²) in [5.41, 5.74) is 0.852. The van der Waals surface area contributed by atoms with Crippen molar-refractivity contribution in [2.24, 2.45) is 5.92 Å². The maximum atomic E-state index is 12.7. The van der Waals surface area contributed by atoms with Crippen LogP contribution in [0.1, 0.15) is 51.0 Å². The number of hydrogen-bond acceptors (Lipinski definition) is 4. The average molecular weight is 333 g/mol. The van der Waals surface area contributed by atoms with Crippen molar-refractivity contribution in [1.29, 1.82) is 0 Å².